The number of rotatable bonds is 5. The smallest absolute Gasteiger partial charge is 0.336 e. The molecule has 0 aromatic heterocycles. The van der Waals surface area contributed by atoms with Gasteiger partial charge in [-0.2, -0.15) is 0 Å². The highest BCUT2D eigenvalue weighted by atomic mass is 79.9. The summed E-state index contributed by atoms with van der Waals surface area (Å²) in [5, 5.41) is 12.2. The van der Waals surface area contributed by atoms with Gasteiger partial charge in [0, 0.05) is 36.8 Å². The van der Waals surface area contributed by atoms with Crippen LogP contribution >= 0.6 is 15.9 Å². The maximum atomic E-state index is 10.9. The number of carboxylic acids is 1. The van der Waals surface area contributed by atoms with Crippen LogP contribution in [0.2, 0.25) is 0 Å². The molecule has 1 atom stereocenters. The molecule has 6 heteroatoms. The molecule has 1 aromatic carbocycles. The summed E-state index contributed by atoms with van der Waals surface area (Å²) in [6.45, 7) is 1.91. The summed E-state index contributed by atoms with van der Waals surface area (Å²) < 4.78 is 11.4. The highest BCUT2D eigenvalue weighted by Crippen LogP contribution is 2.25. The second-order valence-electron chi connectivity index (χ2n) is 4.54. The number of hydrogen-bond acceptors (Lipinski definition) is 4. The van der Waals surface area contributed by atoms with Gasteiger partial charge < -0.3 is 19.9 Å². The van der Waals surface area contributed by atoms with E-state index >= 15 is 0 Å². The van der Waals surface area contributed by atoms with Gasteiger partial charge in [0.25, 0.3) is 0 Å². The molecule has 2 rings (SSSR count). The van der Waals surface area contributed by atoms with Crippen molar-refractivity contribution in [2.75, 3.05) is 32.2 Å². The predicted octanol–water partition coefficient (Wildman–Crippen LogP) is 2.36. The molecule has 0 amide bonds. The molecule has 1 heterocycles. The Labute approximate surface area is 120 Å². The summed E-state index contributed by atoms with van der Waals surface area (Å²) in [6, 6.07) is 5.06. The van der Waals surface area contributed by atoms with Crippen LogP contribution in [0.15, 0.2) is 22.7 Å². The van der Waals surface area contributed by atoms with Crippen molar-refractivity contribution in [1.82, 2.24) is 0 Å². The van der Waals surface area contributed by atoms with Gasteiger partial charge >= 0.3 is 5.97 Å². The van der Waals surface area contributed by atoms with Gasteiger partial charge in [-0.3, -0.25) is 0 Å². The van der Waals surface area contributed by atoms with Crippen LogP contribution in [0.5, 0.6) is 0 Å². The fraction of sp³-hybridized carbons (Fsp3) is 0.462. The lowest BCUT2D eigenvalue weighted by Gasteiger charge is -2.26. The standard InChI is InChI=1S/C13H16BrNO4/c1-18-13(4-5-19-8-13)7-15-9-2-3-10(12(16)17)11(14)6-9/h2-3,6,15H,4-5,7-8H2,1H3,(H,16,17). The van der Waals surface area contributed by atoms with Crippen molar-refractivity contribution in [1.29, 1.82) is 0 Å². The first-order valence-corrected chi connectivity index (χ1v) is 6.75. The number of aromatic carboxylic acids is 1. The fourth-order valence-corrected chi connectivity index (χ4v) is 2.57. The zero-order valence-electron chi connectivity index (χ0n) is 10.6. The average molecular weight is 330 g/mol. The minimum Gasteiger partial charge on any atom is -0.478 e. The molecule has 0 spiro atoms. The molecule has 1 saturated heterocycles. The molecular formula is C13H16BrNO4. The minimum absolute atomic E-state index is 0.246. The van der Waals surface area contributed by atoms with Gasteiger partial charge in [0.1, 0.15) is 5.60 Å². The first-order chi connectivity index (χ1) is 9.06. The van der Waals surface area contributed by atoms with Gasteiger partial charge in [-0.15, -0.1) is 0 Å². The third-order valence-corrected chi connectivity index (χ3v) is 3.97. The Balaban J connectivity index is 2.03. The Kier molecular flexibility index (Phi) is 4.44. The number of carboxylic acid groups (broad SMARTS) is 1. The maximum Gasteiger partial charge on any atom is 0.336 e. The van der Waals surface area contributed by atoms with Gasteiger partial charge in [0.2, 0.25) is 0 Å². The summed E-state index contributed by atoms with van der Waals surface area (Å²) >= 11 is 3.25. The Morgan fingerprint density at radius 1 is 1.63 bits per heavy atom. The zero-order chi connectivity index (χ0) is 13.9. The third-order valence-electron chi connectivity index (χ3n) is 3.31. The summed E-state index contributed by atoms with van der Waals surface area (Å²) in [5.41, 5.74) is 0.800. The number of halogens is 1. The van der Waals surface area contributed by atoms with E-state index in [1.807, 2.05) is 0 Å². The molecule has 1 unspecified atom stereocenters. The van der Waals surface area contributed by atoms with Gasteiger partial charge in [-0.05, 0) is 34.1 Å². The van der Waals surface area contributed by atoms with Crippen molar-refractivity contribution in [2.24, 2.45) is 0 Å². The molecule has 1 aliphatic rings. The molecule has 104 valence electrons. The van der Waals surface area contributed by atoms with E-state index in [1.54, 1.807) is 25.3 Å². The number of methoxy groups -OCH3 is 1. The largest absolute Gasteiger partial charge is 0.478 e. The van der Waals surface area contributed by atoms with Crippen molar-refractivity contribution in [3.8, 4) is 0 Å². The summed E-state index contributed by atoms with van der Waals surface area (Å²) in [7, 11) is 1.68. The van der Waals surface area contributed by atoms with E-state index in [0.29, 0.717) is 24.2 Å². The molecule has 0 radical (unpaired) electrons. The van der Waals surface area contributed by atoms with Crippen LogP contribution in [0, 0.1) is 0 Å². The fourth-order valence-electron chi connectivity index (χ4n) is 2.02. The van der Waals surface area contributed by atoms with E-state index in [2.05, 4.69) is 21.2 Å². The van der Waals surface area contributed by atoms with Crippen molar-refractivity contribution in [3.05, 3.63) is 28.2 Å². The Morgan fingerprint density at radius 2 is 2.42 bits per heavy atom. The first-order valence-electron chi connectivity index (χ1n) is 5.96. The Bertz CT molecular complexity index is 472. The lowest BCUT2D eigenvalue weighted by molar-refractivity contribution is -0.00620. The van der Waals surface area contributed by atoms with Crippen molar-refractivity contribution in [3.63, 3.8) is 0 Å². The second-order valence-corrected chi connectivity index (χ2v) is 5.40. The van der Waals surface area contributed by atoms with Crippen molar-refractivity contribution < 1.29 is 19.4 Å². The van der Waals surface area contributed by atoms with E-state index in [4.69, 9.17) is 14.6 Å². The number of benzene rings is 1. The van der Waals surface area contributed by atoms with Gasteiger partial charge in [0.15, 0.2) is 0 Å². The molecule has 19 heavy (non-hydrogen) atoms. The first kappa shape index (κ1) is 14.3. The number of anilines is 1. The highest BCUT2D eigenvalue weighted by molar-refractivity contribution is 9.10. The van der Waals surface area contributed by atoms with Crippen LogP contribution in [-0.4, -0.2) is 43.5 Å². The van der Waals surface area contributed by atoms with Crippen LogP contribution in [0.25, 0.3) is 0 Å². The topological polar surface area (TPSA) is 67.8 Å². The molecule has 1 aromatic rings. The average Bonchev–Trinajstić information content (AvgIpc) is 2.85. The SMILES string of the molecule is COC1(CNc2ccc(C(=O)O)c(Br)c2)CCOC1. The third kappa shape index (κ3) is 3.26. The Hall–Kier alpha value is -1.11. The van der Waals surface area contributed by atoms with Gasteiger partial charge in [0.05, 0.1) is 12.2 Å². The van der Waals surface area contributed by atoms with Crippen LogP contribution in [0.4, 0.5) is 5.69 Å². The van der Waals surface area contributed by atoms with Crippen LogP contribution < -0.4 is 5.32 Å². The van der Waals surface area contributed by atoms with E-state index < -0.39 is 5.97 Å². The van der Waals surface area contributed by atoms with Crippen LogP contribution in [-0.2, 0) is 9.47 Å². The monoisotopic (exact) mass is 329 g/mol. The molecule has 2 N–H and O–H groups in total. The Morgan fingerprint density at radius 3 is 2.95 bits per heavy atom. The van der Waals surface area contributed by atoms with E-state index in [1.165, 1.54) is 0 Å². The molecule has 1 fully saturated rings. The number of hydrogen-bond donors (Lipinski definition) is 2. The van der Waals surface area contributed by atoms with Crippen molar-refractivity contribution in [2.45, 2.75) is 12.0 Å². The maximum absolute atomic E-state index is 10.9. The molecule has 0 bridgehead atoms. The van der Waals surface area contributed by atoms with Crippen LogP contribution in [0.1, 0.15) is 16.8 Å². The van der Waals surface area contributed by atoms with E-state index in [9.17, 15) is 4.79 Å². The number of ether oxygens (including phenoxy) is 2. The summed E-state index contributed by atoms with van der Waals surface area (Å²) in [4.78, 5) is 10.9. The molecule has 0 aliphatic carbocycles. The normalized spacial score (nSPS) is 22.4. The zero-order valence-corrected chi connectivity index (χ0v) is 12.2. The predicted molar refractivity (Wildman–Crippen MR) is 74.8 cm³/mol. The quantitative estimate of drug-likeness (QED) is 0.868. The van der Waals surface area contributed by atoms with E-state index in [-0.39, 0.29) is 11.2 Å². The molecule has 5 nitrogen and oxygen atoms in total. The molecular weight excluding hydrogens is 314 g/mol. The van der Waals surface area contributed by atoms with Gasteiger partial charge in [-0.1, -0.05) is 0 Å². The molecule has 0 saturated carbocycles. The van der Waals surface area contributed by atoms with Gasteiger partial charge in [-0.25, -0.2) is 4.79 Å². The lowest BCUT2D eigenvalue weighted by atomic mass is 10.0. The van der Waals surface area contributed by atoms with E-state index in [0.717, 1.165) is 12.1 Å². The summed E-state index contributed by atoms with van der Waals surface area (Å²) in [6.07, 6.45) is 0.852. The highest BCUT2D eigenvalue weighted by Gasteiger charge is 2.34. The number of carbonyl (C=O) groups is 1. The number of nitrogens with one attached hydrogen (secondary N) is 1. The van der Waals surface area contributed by atoms with Crippen molar-refractivity contribution >= 4 is 27.6 Å². The second kappa shape index (κ2) is 5.90. The minimum atomic E-state index is -0.948. The lowest BCUT2D eigenvalue weighted by Crippen LogP contribution is -2.39. The molecule has 1 aliphatic heterocycles. The summed E-state index contributed by atoms with van der Waals surface area (Å²) in [5.74, 6) is -0.948. The van der Waals surface area contributed by atoms with Crippen LogP contribution in [0.3, 0.4) is 0 Å².